The first-order chi connectivity index (χ1) is 7.36. The molecule has 1 heterocycles. The molecule has 1 aliphatic rings. The highest BCUT2D eigenvalue weighted by molar-refractivity contribution is 5.32. The molecule has 3 heteroatoms. The first-order valence-corrected chi connectivity index (χ1v) is 5.12. The molecule has 3 nitrogen and oxygen atoms in total. The van der Waals surface area contributed by atoms with Crippen molar-refractivity contribution < 1.29 is 14.2 Å². The zero-order valence-corrected chi connectivity index (χ0v) is 9.36. The van der Waals surface area contributed by atoms with Crippen LogP contribution >= 0.6 is 0 Å². The van der Waals surface area contributed by atoms with Crippen LogP contribution in [0.2, 0.25) is 0 Å². The Morgan fingerprint density at radius 2 is 1.53 bits per heavy atom. The monoisotopic (exact) mass is 210 g/mol. The van der Waals surface area contributed by atoms with Crippen molar-refractivity contribution in [2.75, 3.05) is 27.4 Å². The minimum Gasteiger partial charge on any atom is -0.497 e. The van der Waals surface area contributed by atoms with Gasteiger partial charge >= 0.3 is 0 Å². The van der Waals surface area contributed by atoms with Gasteiger partial charge in [-0.05, 0) is 25.0 Å². The molecule has 0 amide bonds. The van der Waals surface area contributed by atoms with Crippen molar-refractivity contribution in [2.24, 2.45) is 0 Å². The van der Waals surface area contributed by atoms with Crippen LogP contribution in [0.15, 0.2) is 24.3 Å². The van der Waals surface area contributed by atoms with Crippen molar-refractivity contribution in [1.29, 1.82) is 0 Å². The molecule has 0 aliphatic carbocycles. The summed E-state index contributed by atoms with van der Waals surface area (Å²) in [6, 6.07) is 7.47. The molecule has 0 aromatic heterocycles. The van der Waals surface area contributed by atoms with E-state index in [-0.39, 0.29) is 0 Å². The predicted molar refractivity (Wildman–Crippen MR) is 59.6 cm³/mol. The summed E-state index contributed by atoms with van der Waals surface area (Å²) >= 11 is 0. The first-order valence-electron chi connectivity index (χ1n) is 5.12. The maximum atomic E-state index is 4.98. The van der Waals surface area contributed by atoms with Crippen LogP contribution in [0, 0.1) is 0 Å². The van der Waals surface area contributed by atoms with E-state index in [4.69, 9.17) is 14.2 Å². The predicted octanol–water partition coefficient (Wildman–Crippen LogP) is 2.50. The van der Waals surface area contributed by atoms with Gasteiger partial charge < -0.3 is 14.2 Å². The van der Waals surface area contributed by atoms with E-state index in [9.17, 15) is 0 Å². The average molecular weight is 210 g/mol. The SMILES string of the molecule is C1CCOC1.COc1cccc(OC)c1. The van der Waals surface area contributed by atoms with Gasteiger partial charge in [-0.15, -0.1) is 0 Å². The van der Waals surface area contributed by atoms with Crippen molar-refractivity contribution in [2.45, 2.75) is 12.8 Å². The second-order valence-electron chi connectivity index (χ2n) is 3.20. The van der Waals surface area contributed by atoms with Crippen molar-refractivity contribution in [1.82, 2.24) is 0 Å². The lowest BCUT2D eigenvalue weighted by Crippen LogP contribution is -1.84. The van der Waals surface area contributed by atoms with E-state index in [1.165, 1.54) is 12.8 Å². The summed E-state index contributed by atoms with van der Waals surface area (Å²) < 4.78 is 14.9. The van der Waals surface area contributed by atoms with Crippen molar-refractivity contribution >= 4 is 0 Å². The maximum Gasteiger partial charge on any atom is 0.122 e. The van der Waals surface area contributed by atoms with Crippen LogP contribution in [0.25, 0.3) is 0 Å². The van der Waals surface area contributed by atoms with E-state index in [0.29, 0.717) is 0 Å². The minimum absolute atomic E-state index is 0.819. The van der Waals surface area contributed by atoms with Crippen molar-refractivity contribution in [3.05, 3.63) is 24.3 Å². The molecule has 0 bridgehead atoms. The molecule has 1 fully saturated rings. The Balaban J connectivity index is 0.000000187. The Bertz CT molecular complexity index is 242. The van der Waals surface area contributed by atoms with Crippen LogP contribution in [0.3, 0.4) is 0 Å². The number of benzene rings is 1. The third kappa shape index (κ3) is 4.70. The minimum atomic E-state index is 0.819. The van der Waals surface area contributed by atoms with Gasteiger partial charge in [0.15, 0.2) is 0 Å². The summed E-state index contributed by atoms with van der Waals surface area (Å²) in [5, 5.41) is 0. The topological polar surface area (TPSA) is 27.7 Å². The molecule has 0 atom stereocenters. The van der Waals surface area contributed by atoms with E-state index < -0.39 is 0 Å². The first kappa shape index (κ1) is 11.9. The molecular weight excluding hydrogens is 192 g/mol. The third-order valence-electron chi connectivity index (χ3n) is 2.10. The number of rotatable bonds is 2. The van der Waals surface area contributed by atoms with Gasteiger partial charge in [-0.2, -0.15) is 0 Å². The standard InChI is InChI=1S/C8H10O2.C4H8O/c1-9-7-4-3-5-8(6-7)10-2;1-2-4-5-3-1/h3-6H,1-2H3;1-4H2. The van der Waals surface area contributed by atoms with Gasteiger partial charge in [0.05, 0.1) is 14.2 Å². The highest BCUT2D eigenvalue weighted by Crippen LogP contribution is 2.17. The Labute approximate surface area is 91.0 Å². The summed E-state index contributed by atoms with van der Waals surface area (Å²) in [6.07, 6.45) is 2.56. The number of hydrogen-bond acceptors (Lipinski definition) is 3. The zero-order chi connectivity index (χ0) is 10.9. The fraction of sp³-hybridized carbons (Fsp3) is 0.500. The molecule has 2 rings (SSSR count). The molecule has 1 aromatic carbocycles. The van der Waals surface area contributed by atoms with E-state index >= 15 is 0 Å². The van der Waals surface area contributed by atoms with Crippen LogP contribution < -0.4 is 9.47 Å². The van der Waals surface area contributed by atoms with E-state index in [1.54, 1.807) is 14.2 Å². The van der Waals surface area contributed by atoms with E-state index in [2.05, 4.69) is 0 Å². The molecular formula is C12H18O3. The lowest BCUT2D eigenvalue weighted by Gasteiger charge is -2.01. The van der Waals surface area contributed by atoms with Gasteiger partial charge in [-0.25, -0.2) is 0 Å². The Morgan fingerprint density at radius 1 is 1.00 bits per heavy atom. The number of methoxy groups -OCH3 is 2. The second kappa shape index (κ2) is 7.12. The molecule has 0 radical (unpaired) electrons. The van der Waals surface area contributed by atoms with Gasteiger partial charge in [0.25, 0.3) is 0 Å². The quantitative estimate of drug-likeness (QED) is 0.750. The molecule has 0 unspecified atom stereocenters. The molecule has 15 heavy (non-hydrogen) atoms. The lowest BCUT2D eigenvalue weighted by molar-refractivity contribution is 0.198. The smallest absolute Gasteiger partial charge is 0.122 e. The van der Waals surface area contributed by atoms with Crippen LogP contribution in [-0.4, -0.2) is 27.4 Å². The van der Waals surface area contributed by atoms with Gasteiger partial charge in [-0.3, -0.25) is 0 Å². The van der Waals surface area contributed by atoms with Gasteiger partial charge in [-0.1, -0.05) is 6.07 Å². The lowest BCUT2D eigenvalue weighted by atomic mass is 10.3. The van der Waals surface area contributed by atoms with Crippen molar-refractivity contribution in [3.8, 4) is 11.5 Å². The maximum absolute atomic E-state index is 4.98. The second-order valence-corrected chi connectivity index (χ2v) is 3.20. The number of hydrogen-bond donors (Lipinski definition) is 0. The van der Waals surface area contributed by atoms with Crippen LogP contribution in [0.1, 0.15) is 12.8 Å². The van der Waals surface area contributed by atoms with E-state index in [0.717, 1.165) is 24.7 Å². The van der Waals surface area contributed by atoms with Gasteiger partial charge in [0.2, 0.25) is 0 Å². The summed E-state index contributed by atoms with van der Waals surface area (Å²) in [4.78, 5) is 0. The Hall–Kier alpha value is -1.22. The molecule has 84 valence electrons. The average Bonchev–Trinajstić information content (AvgIpc) is 2.88. The molecule has 1 aromatic rings. The van der Waals surface area contributed by atoms with E-state index in [1.807, 2.05) is 24.3 Å². The largest absolute Gasteiger partial charge is 0.497 e. The highest BCUT2D eigenvalue weighted by atomic mass is 16.5. The fourth-order valence-electron chi connectivity index (χ4n) is 1.24. The molecule has 0 saturated carbocycles. The molecule has 0 N–H and O–H groups in total. The summed E-state index contributed by atoms with van der Waals surface area (Å²) in [7, 11) is 3.27. The highest BCUT2D eigenvalue weighted by Gasteiger charge is 1.94. The van der Waals surface area contributed by atoms with Crippen LogP contribution in [0.5, 0.6) is 11.5 Å². The third-order valence-corrected chi connectivity index (χ3v) is 2.10. The van der Waals surface area contributed by atoms with Crippen LogP contribution in [0.4, 0.5) is 0 Å². The Kier molecular flexibility index (Phi) is 5.63. The zero-order valence-electron chi connectivity index (χ0n) is 9.36. The van der Waals surface area contributed by atoms with Crippen LogP contribution in [-0.2, 0) is 4.74 Å². The van der Waals surface area contributed by atoms with Gasteiger partial charge in [0.1, 0.15) is 11.5 Å². The summed E-state index contributed by atoms with van der Waals surface area (Å²) in [5.74, 6) is 1.64. The molecule has 1 saturated heterocycles. The fourth-order valence-corrected chi connectivity index (χ4v) is 1.24. The summed E-state index contributed by atoms with van der Waals surface area (Å²) in [6.45, 7) is 2.00. The van der Waals surface area contributed by atoms with Gasteiger partial charge in [0, 0.05) is 19.3 Å². The summed E-state index contributed by atoms with van der Waals surface area (Å²) in [5.41, 5.74) is 0. The normalized spacial score (nSPS) is 14.0. The molecule has 0 spiro atoms. The molecule has 1 aliphatic heterocycles. The van der Waals surface area contributed by atoms with Crippen molar-refractivity contribution in [3.63, 3.8) is 0 Å². The Morgan fingerprint density at radius 3 is 1.87 bits per heavy atom. The number of ether oxygens (including phenoxy) is 3.